The van der Waals surface area contributed by atoms with E-state index in [4.69, 9.17) is 11.6 Å². The standard InChI is InChI=1S/C21H21ClF3N3O/c1-14(11-12-15-7-3-2-4-8-15)26-20(29)18-13-19(21(23,24)25)27-28(18)17-10-6-5-9-16(17)22/h2-10,13-14,19,27H,11-12H2,1H3,(H,26,29). The third-order valence-corrected chi connectivity index (χ3v) is 4.92. The van der Waals surface area contributed by atoms with E-state index < -0.39 is 18.1 Å². The largest absolute Gasteiger partial charge is 0.409 e. The molecule has 29 heavy (non-hydrogen) atoms. The van der Waals surface area contributed by atoms with Crippen LogP contribution in [0.4, 0.5) is 18.9 Å². The number of nitrogens with one attached hydrogen (secondary N) is 2. The molecule has 2 atom stereocenters. The predicted octanol–water partition coefficient (Wildman–Crippen LogP) is 4.62. The number of hydrogen-bond donors (Lipinski definition) is 2. The van der Waals surface area contributed by atoms with Gasteiger partial charge >= 0.3 is 6.18 Å². The van der Waals surface area contributed by atoms with Crippen LogP contribution in [0.15, 0.2) is 66.4 Å². The van der Waals surface area contributed by atoms with Gasteiger partial charge in [0, 0.05) is 6.04 Å². The van der Waals surface area contributed by atoms with Crippen molar-refractivity contribution in [1.29, 1.82) is 0 Å². The molecule has 0 spiro atoms. The number of carbonyl (C=O) groups excluding carboxylic acids is 1. The van der Waals surface area contributed by atoms with Gasteiger partial charge in [-0.3, -0.25) is 9.80 Å². The monoisotopic (exact) mass is 423 g/mol. The summed E-state index contributed by atoms with van der Waals surface area (Å²) in [7, 11) is 0. The molecule has 4 nitrogen and oxygen atoms in total. The predicted molar refractivity (Wildman–Crippen MR) is 107 cm³/mol. The third-order valence-electron chi connectivity index (χ3n) is 4.60. The minimum absolute atomic E-state index is 0.132. The molecule has 3 rings (SSSR count). The van der Waals surface area contributed by atoms with Gasteiger partial charge in [0.05, 0.1) is 10.7 Å². The summed E-state index contributed by atoms with van der Waals surface area (Å²) < 4.78 is 39.8. The van der Waals surface area contributed by atoms with Gasteiger partial charge in [0.15, 0.2) is 0 Å². The minimum Gasteiger partial charge on any atom is -0.348 e. The number of hydrogen-bond acceptors (Lipinski definition) is 3. The van der Waals surface area contributed by atoms with E-state index in [1.54, 1.807) is 24.3 Å². The number of carbonyl (C=O) groups is 1. The summed E-state index contributed by atoms with van der Waals surface area (Å²) in [6.45, 7) is 1.82. The van der Waals surface area contributed by atoms with Crippen molar-refractivity contribution in [3.05, 3.63) is 77.0 Å². The summed E-state index contributed by atoms with van der Waals surface area (Å²) in [6.07, 6.45) is -2.26. The molecule has 2 aromatic carbocycles. The SMILES string of the molecule is CC(CCc1ccccc1)NC(=O)C1=CC(C(F)(F)F)NN1c1ccccc1Cl. The van der Waals surface area contributed by atoms with Crippen molar-refractivity contribution in [3.8, 4) is 0 Å². The highest BCUT2D eigenvalue weighted by Crippen LogP contribution is 2.33. The van der Waals surface area contributed by atoms with Crippen LogP contribution in [0.25, 0.3) is 0 Å². The lowest BCUT2D eigenvalue weighted by molar-refractivity contribution is -0.142. The van der Waals surface area contributed by atoms with E-state index in [9.17, 15) is 18.0 Å². The van der Waals surface area contributed by atoms with Crippen LogP contribution in [0.3, 0.4) is 0 Å². The molecule has 2 N–H and O–H groups in total. The summed E-state index contributed by atoms with van der Waals surface area (Å²) in [4.78, 5) is 12.8. The second-order valence-corrected chi connectivity index (χ2v) is 7.29. The number of hydrazine groups is 1. The van der Waals surface area contributed by atoms with Crippen molar-refractivity contribution in [1.82, 2.24) is 10.7 Å². The Morgan fingerprint density at radius 2 is 1.83 bits per heavy atom. The van der Waals surface area contributed by atoms with Crippen LogP contribution >= 0.6 is 11.6 Å². The van der Waals surface area contributed by atoms with Gasteiger partial charge in [-0.25, -0.2) is 5.43 Å². The van der Waals surface area contributed by atoms with Gasteiger partial charge in [0.1, 0.15) is 11.7 Å². The Kier molecular flexibility index (Phi) is 6.49. The van der Waals surface area contributed by atoms with Crippen molar-refractivity contribution in [2.75, 3.05) is 5.01 Å². The maximum absolute atomic E-state index is 13.3. The molecule has 1 aliphatic rings. The molecule has 0 saturated carbocycles. The van der Waals surface area contributed by atoms with Crippen molar-refractivity contribution < 1.29 is 18.0 Å². The molecule has 1 heterocycles. The fourth-order valence-electron chi connectivity index (χ4n) is 3.05. The first-order valence-corrected chi connectivity index (χ1v) is 9.57. The van der Waals surface area contributed by atoms with Gasteiger partial charge in [-0.05, 0) is 43.5 Å². The topological polar surface area (TPSA) is 44.4 Å². The maximum atomic E-state index is 13.3. The second kappa shape index (κ2) is 8.88. The highest BCUT2D eigenvalue weighted by molar-refractivity contribution is 6.33. The molecule has 154 valence electrons. The van der Waals surface area contributed by atoms with Crippen LogP contribution in [0, 0.1) is 0 Å². The zero-order chi connectivity index (χ0) is 21.0. The van der Waals surface area contributed by atoms with Gasteiger partial charge in [0.2, 0.25) is 0 Å². The van der Waals surface area contributed by atoms with Crippen LogP contribution in [-0.2, 0) is 11.2 Å². The fraction of sp³-hybridized carbons (Fsp3) is 0.286. The molecule has 0 bridgehead atoms. The highest BCUT2D eigenvalue weighted by Gasteiger charge is 2.45. The highest BCUT2D eigenvalue weighted by atomic mass is 35.5. The van der Waals surface area contributed by atoms with Crippen LogP contribution in [0.2, 0.25) is 5.02 Å². The molecule has 0 aliphatic carbocycles. The third kappa shape index (κ3) is 5.31. The number of rotatable bonds is 6. The molecule has 8 heteroatoms. The van der Waals surface area contributed by atoms with E-state index in [-0.39, 0.29) is 22.4 Å². The zero-order valence-electron chi connectivity index (χ0n) is 15.7. The number of halogens is 4. The summed E-state index contributed by atoms with van der Waals surface area (Å²) in [5, 5.41) is 4.12. The molecule has 0 radical (unpaired) electrons. The average molecular weight is 424 g/mol. The smallest absolute Gasteiger partial charge is 0.348 e. The summed E-state index contributed by atoms with van der Waals surface area (Å²) in [5.41, 5.74) is 3.60. The van der Waals surface area contributed by atoms with Crippen molar-refractivity contribution in [2.24, 2.45) is 0 Å². The molecule has 2 aromatic rings. The lowest BCUT2D eigenvalue weighted by atomic mass is 10.1. The van der Waals surface area contributed by atoms with Gasteiger partial charge in [-0.2, -0.15) is 13.2 Å². The van der Waals surface area contributed by atoms with Gasteiger partial charge in [-0.1, -0.05) is 54.1 Å². The van der Waals surface area contributed by atoms with Crippen LogP contribution < -0.4 is 15.8 Å². The Morgan fingerprint density at radius 1 is 1.17 bits per heavy atom. The van der Waals surface area contributed by atoms with E-state index in [2.05, 4.69) is 10.7 Å². The number of amides is 1. The zero-order valence-corrected chi connectivity index (χ0v) is 16.5. The first-order valence-electron chi connectivity index (χ1n) is 9.20. The fourth-order valence-corrected chi connectivity index (χ4v) is 3.27. The Labute approximate surface area is 172 Å². The van der Waals surface area contributed by atoms with Gasteiger partial charge < -0.3 is 5.32 Å². The molecular weight excluding hydrogens is 403 g/mol. The van der Waals surface area contributed by atoms with Crippen LogP contribution in [0.1, 0.15) is 18.9 Å². The Bertz CT molecular complexity index is 886. The average Bonchev–Trinajstić information content (AvgIpc) is 3.13. The Hall–Kier alpha value is -2.51. The first-order chi connectivity index (χ1) is 13.8. The lowest BCUT2D eigenvalue weighted by Gasteiger charge is -2.25. The minimum atomic E-state index is -4.54. The normalized spacial score (nSPS) is 17.8. The summed E-state index contributed by atoms with van der Waals surface area (Å²) in [6, 6.07) is 14.0. The van der Waals surface area contributed by atoms with E-state index in [1.165, 1.54) is 0 Å². The molecule has 0 aromatic heterocycles. The lowest BCUT2D eigenvalue weighted by Crippen LogP contribution is -2.47. The number of anilines is 1. The molecule has 2 unspecified atom stereocenters. The number of nitrogens with zero attached hydrogens (tertiary/aromatic N) is 1. The Balaban J connectivity index is 1.73. The van der Waals surface area contributed by atoms with E-state index in [1.807, 2.05) is 37.3 Å². The van der Waals surface area contributed by atoms with Gasteiger partial charge in [0.25, 0.3) is 5.91 Å². The number of benzene rings is 2. The first kappa shape index (κ1) is 21.2. The van der Waals surface area contributed by atoms with Crippen molar-refractivity contribution >= 4 is 23.2 Å². The van der Waals surface area contributed by atoms with Crippen LogP contribution in [0.5, 0.6) is 0 Å². The van der Waals surface area contributed by atoms with E-state index >= 15 is 0 Å². The molecule has 0 fully saturated rings. The maximum Gasteiger partial charge on any atom is 0.409 e. The van der Waals surface area contributed by atoms with Crippen molar-refractivity contribution in [2.45, 2.75) is 38.0 Å². The number of alkyl halides is 3. The molecular formula is C21H21ClF3N3O. The number of aryl methyl sites for hydroxylation is 1. The van der Waals surface area contributed by atoms with E-state index in [0.717, 1.165) is 23.1 Å². The quantitative estimate of drug-likeness (QED) is 0.712. The number of para-hydroxylation sites is 1. The van der Waals surface area contributed by atoms with Crippen molar-refractivity contribution in [3.63, 3.8) is 0 Å². The Morgan fingerprint density at radius 3 is 2.48 bits per heavy atom. The summed E-state index contributed by atoms with van der Waals surface area (Å²) >= 11 is 6.14. The summed E-state index contributed by atoms with van der Waals surface area (Å²) in [5.74, 6) is -0.593. The second-order valence-electron chi connectivity index (χ2n) is 6.89. The van der Waals surface area contributed by atoms with Crippen LogP contribution in [-0.4, -0.2) is 24.2 Å². The molecule has 1 amide bonds. The van der Waals surface area contributed by atoms with E-state index in [0.29, 0.717) is 6.42 Å². The molecule has 1 aliphatic heterocycles. The molecule has 0 saturated heterocycles. The van der Waals surface area contributed by atoms with Gasteiger partial charge in [-0.15, -0.1) is 0 Å².